The Morgan fingerprint density at radius 1 is 1.03 bits per heavy atom. The number of carbonyl (C=O) groups excluding carboxylic acids is 1. The van der Waals surface area contributed by atoms with Crippen LogP contribution in [0, 0.1) is 16.7 Å². The summed E-state index contributed by atoms with van der Waals surface area (Å²) in [5.74, 6) is 0.196. The lowest BCUT2D eigenvalue weighted by Gasteiger charge is -2.37. The Labute approximate surface area is 179 Å². The van der Waals surface area contributed by atoms with Gasteiger partial charge in [-0.15, -0.1) is 0 Å². The summed E-state index contributed by atoms with van der Waals surface area (Å²) in [5.41, 5.74) is 7.09. The normalized spacial score (nSPS) is 27.2. The molecule has 2 fully saturated rings. The first-order valence-electron chi connectivity index (χ1n) is 10.6. The van der Waals surface area contributed by atoms with Gasteiger partial charge in [-0.2, -0.15) is 0 Å². The van der Waals surface area contributed by atoms with Crippen molar-refractivity contribution in [3.63, 3.8) is 0 Å². The molecule has 0 radical (unpaired) electrons. The number of Topliss-reactive ketones (excluding diaryl/α,β-unsaturated/α-hetero) is 1. The van der Waals surface area contributed by atoms with Crippen LogP contribution >= 0.6 is 0 Å². The van der Waals surface area contributed by atoms with Gasteiger partial charge in [0.1, 0.15) is 5.78 Å². The van der Waals surface area contributed by atoms with E-state index >= 15 is 0 Å². The van der Waals surface area contributed by atoms with E-state index in [0.29, 0.717) is 12.8 Å². The third-order valence-corrected chi connectivity index (χ3v) is 9.07. The fourth-order valence-corrected chi connectivity index (χ4v) is 7.62. The molecule has 2 aromatic carbocycles. The van der Waals surface area contributed by atoms with Crippen LogP contribution in [0.4, 0.5) is 0 Å². The number of benzene rings is 2. The molecule has 2 saturated carbocycles. The standard InChI is InChI=1S/C24H30N2O3S/c1-23(2)19-13-14-24(23,20(27)15-19)16-30(28,29)26-22(18-11-7-4-8-12-18)21(25)17-9-5-3-6-10-17/h3-12,19,21-22,26H,13-16,25H2,1-2H3/t19-,21+,22+,24-/m0/s1. The van der Waals surface area contributed by atoms with Crippen LogP contribution in [0.5, 0.6) is 0 Å². The largest absolute Gasteiger partial charge is 0.322 e. The van der Waals surface area contributed by atoms with E-state index in [9.17, 15) is 13.2 Å². The van der Waals surface area contributed by atoms with E-state index in [1.807, 2.05) is 60.7 Å². The number of ketones is 1. The van der Waals surface area contributed by atoms with Crippen molar-refractivity contribution in [2.24, 2.45) is 22.5 Å². The molecule has 6 heteroatoms. The fraction of sp³-hybridized carbons (Fsp3) is 0.458. The smallest absolute Gasteiger partial charge is 0.213 e. The van der Waals surface area contributed by atoms with Gasteiger partial charge in [-0.05, 0) is 35.3 Å². The molecule has 2 aliphatic rings. The molecule has 2 aliphatic carbocycles. The molecule has 2 aromatic rings. The Balaban J connectivity index is 1.65. The van der Waals surface area contributed by atoms with Crippen molar-refractivity contribution in [2.75, 3.05) is 5.75 Å². The number of carbonyl (C=O) groups is 1. The molecule has 0 spiro atoms. The van der Waals surface area contributed by atoms with E-state index in [1.54, 1.807) is 0 Å². The Kier molecular flexibility index (Phi) is 5.37. The highest BCUT2D eigenvalue weighted by Gasteiger charge is 2.65. The van der Waals surface area contributed by atoms with Crippen molar-refractivity contribution >= 4 is 15.8 Å². The molecule has 0 aliphatic heterocycles. The van der Waals surface area contributed by atoms with Crippen molar-refractivity contribution in [1.82, 2.24) is 4.72 Å². The molecular weight excluding hydrogens is 396 g/mol. The Morgan fingerprint density at radius 3 is 2.10 bits per heavy atom. The summed E-state index contributed by atoms with van der Waals surface area (Å²) in [6, 6.07) is 17.7. The van der Waals surface area contributed by atoms with Crippen molar-refractivity contribution in [3.05, 3.63) is 71.8 Å². The minimum absolute atomic E-state index is 0.0951. The molecular formula is C24H30N2O3S. The Morgan fingerprint density at radius 2 is 1.60 bits per heavy atom. The molecule has 0 heterocycles. The van der Waals surface area contributed by atoms with Gasteiger partial charge in [0.2, 0.25) is 10.0 Å². The third kappa shape index (κ3) is 3.51. The van der Waals surface area contributed by atoms with Gasteiger partial charge >= 0.3 is 0 Å². The number of nitrogens with one attached hydrogen (secondary N) is 1. The molecule has 0 amide bonds. The molecule has 0 aromatic heterocycles. The van der Waals surface area contributed by atoms with Crippen molar-refractivity contribution in [1.29, 1.82) is 0 Å². The molecule has 0 unspecified atom stereocenters. The van der Waals surface area contributed by atoms with Crippen molar-refractivity contribution < 1.29 is 13.2 Å². The second-order valence-corrected chi connectivity index (χ2v) is 11.1. The van der Waals surface area contributed by atoms with Crippen LogP contribution in [0.2, 0.25) is 0 Å². The maximum Gasteiger partial charge on any atom is 0.213 e. The Bertz CT molecular complexity index is 1020. The Hall–Kier alpha value is -2.02. The highest BCUT2D eigenvalue weighted by molar-refractivity contribution is 7.89. The quantitative estimate of drug-likeness (QED) is 0.706. The zero-order valence-corrected chi connectivity index (χ0v) is 18.4. The second-order valence-electron chi connectivity index (χ2n) is 9.37. The number of rotatable bonds is 7. The maximum absolute atomic E-state index is 13.4. The monoisotopic (exact) mass is 426 g/mol. The maximum atomic E-state index is 13.4. The van der Waals surface area contributed by atoms with Gasteiger partial charge in [-0.1, -0.05) is 74.5 Å². The van der Waals surface area contributed by atoms with Crippen LogP contribution in [-0.2, 0) is 14.8 Å². The molecule has 0 saturated heterocycles. The first-order chi connectivity index (χ1) is 14.2. The van der Waals surface area contributed by atoms with E-state index < -0.39 is 27.5 Å². The summed E-state index contributed by atoms with van der Waals surface area (Å²) in [5, 5.41) is 0. The van der Waals surface area contributed by atoms with E-state index in [4.69, 9.17) is 5.73 Å². The minimum Gasteiger partial charge on any atom is -0.322 e. The van der Waals surface area contributed by atoms with Crippen LogP contribution in [0.15, 0.2) is 60.7 Å². The second kappa shape index (κ2) is 7.59. The number of sulfonamides is 1. The van der Waals surface area contributed by atoms with Gasteiger partial charge in [-0.25, -0.2) is 13.1 Å². The summed E-state index contributed by atoms with van der Waals surface area (Å²) < 4.78 is 29.7. The SMILES string of the molecule is CC1(C)[C@H]2CC[C@]1(CS(=O)(=O)N[C@H](c1ccccc1)[C@H](N)c1ccccc1)C(=O)C2. The number of hydrogen-bond donors (Lipinski definition) is 2. The zero-order chi connectivity index (χ0) is 21.6. The van der Waals surface area contributed by atoms with Gasteiger partial charge in [0.05, 0.1) is 17.8 Å². The van der Waals surface area contributed by atoms with Gasteiger partial charge in [0.15, 0.2) is 0 Å². The fourth-order valence-electron chi connectivity index (χ4n) is 5.54. The summed E-state index contributed by atoms with van der Waals surface area (Å²) in [4.78, 5) is 12.8. The van der Waals surface area contributed by atoms with Crippen molar-refractivity contribution in [3.8, 4) is 0 Å². The number of nitrogens with two attached hydrogens (primary N) is 1. The van der Waals surface area contributed by atoms with Crippen LogP contribution < -0.4 is 10.5 Å². The predicted octanol–water partition coefficient (Wildman–Crippen LogP) is 3.74. The lowest BCUT2D eigenvalue weighted by molar-refractivity contribution is -0.128. The van der Waals surface area contributed by atoms with Crippen molar-refractivity contribution in [2.45, 2.75) is 45.2 Å². The molecule has 30 heavy (non-hydrogen) atoms. The molecule has 3 N–H and O–H groups in total. The molecule has 2 bridgehead atoms. The van der Waals surface area contributed by atoms with Crippen LogP contribution in [-0.4, -0.2) is 20.0 Å². The molecule has 160 valence electrons. The third-order valence-electron chi connectivity index (χ3n) is 7.58. The van der Waals surface area contributed by atoms with Crippen LogP contribution in [0.3, 0.4) is 0 Å². The van der Waals surface area contributed by atoms with Gasteiger partial charge in [-0.3, -0.25) is 4.79 Å². The summed E-state index contributed by atoms with van der Waals surface area (Å²) >= 11 is 0. The predicted molar refractivity (Wildman–Crippen MR) is 118 cm³/mol. The lowest BCUT2D eigenvalue weighted by atomic mass is 9.70. The van der Waals surface area contributed by atoms with E-state index in [0.717, 1.165) is 17.5 Å². The average Bonchev–Trinajstić information content (AvgIpc) is 3.07. The molecule has 4 rings (SSSR count). The van der Waals surface area contributed by atoms with Crippen LogP contribution in [0.25, 0.3) is 0 Å². The minimum atomic E-state index is -3.76. The first-order valence-corrected chi connectivity index (χ1v) is 12.2. The average molecular weight is 427 g/mol. The number of fused-ring (bicyclic) bond motifs is 2. The van der Waals surface area contributed by atoms with E-state index in [-0.39, 0.29) is 22.9 Å². The molecule has 5 nitrogen and oxygen atoms in total. The van der Waals surface area contributed by atoms with Gasteiger partial charge < -0.3 is 5.73 Å². The summed E-state index contributed by atoms with van der Waals surface area (Å²) in [7, 11) is -3.76. The highest BCUT2D eigenvalue weighted by atomic mass is 32.2. The van der Waals surface area contributed by atoms with E-state index in [1.165, 1.54) is 0 Å². The van der Waals surface area contributed by atoms with Gasteiger partial charge in [0, 0.05) is 11.8 Å². The highest BCUT2D eigenvalue weighted by Crippen LogP contribution is 2.64. The topological polar surface area (TPSA) is 89.3 Å². The van der Waals surface area contributed by atoms with E-state index in [2.05, 4.69) is 18.6 Å². The van der Waals surface area contributed by atoms with Gasteiger partial charge in [0.25, 0.3) is 0 Å². The van der Waals surface area contributed by atoms with Crippen LogP contribution in [0.1, 0.15) is 56.3 Å². The summed E-state index contributed by atoms with van der Waals surface area (Å²) in [6.45, 7) is 4.10. The summed E-state index contributed by atoms with van der Waals surface area (Å²) in [6.07, 6.45) is 2.05. The lowest BCUT2D eigenvalue weighted by Crippen LogP contribution is -2.47. The first kappa shape index (κ1) is 21.2. The number of hydrogen-bond acceptors (Lipinski definition) is 4. The zero-order valence-electron chi connectivity index (χ0n) is 17.5. The molecule has 4 atom stereocenters.